The van der Waals surface area contributed by atoms with E-state index in [0.29, 0.717) is 5.95 Å². The Balaban J connectivity index is 1.60. The largest absolute Gasteiger partial charge is 0.352 e. The molecule has 5 nitrogen and oxygen atoms in total. The van der Waals surface area contributed by atoms with Crippen molar-refractivity contribution < 1.29 is 0 Å². The summed E-state index contributed by atoms with van der Waals surface area (Å²) in [6, 6.07) is 22.4. The van der Waals surface area contributed by atoms with Crippen LogP contribution in [0.3, 0.4) is 0 Å². The molecule has 0 amide bonds. The number of anilines is 3. The smallest absolute Gasteiger partial charge is 0.229 e. The number of fused-ring (bicyclic) bond motifs is 1. The lowest BCUT2D eigenvalue weighted by Gasteiger charge is -2.22. The Labute approximate surface area is 158 Å². The summed E-state index contributed by atoms with van der Waals surface area (Å²) in [6.45, 7) is 3.80. The molecular weight excluding hydrogens is 334 g/mol. The molecule has 0 radical (unpaired) electrons. The van der Waals surface area contributed by atoms with Gasteiger partial charge in [-0.15, -0.1) is 0 Å². The van der Waals surface area contributed by atoms with Gasteiger partial charge in [-0.05, 0) is 30.7 Å². The normalized spacial score (nSPS) is 10.7. The molecule has 0 aliphatic carbocycles. The molecule has 0 saturated carbocycles. The maximum absolute atomic E-state index is 4.72. The second kappa shape index (κ2) is 7.83. The van der Waals surface area contributed by atoms with Gasteiger partial charge in [0.2, 0.25) is 5.95 Å². The van der Waals surface area contributed by atoms with E-state index in [0.717, 1.165) is 35.5 Å². The zero-order valence-corrected chi connectivity index (χ0v) is 15.2. The highest BCUT2D eigenvalue weighted by atomic mass is 15.2. The van der Waals surface area contributed by atoms with Crippen LogP contribution in [-0.2, 0) is 6.54 Å². The van der Waals surface area contributed by atoms with Crippen LogP contribution in [0.4, 0.5) is 17.5 Å². The predicted molar refractivity (Wildman–Crippen MR) is 110 cm³/mol. The second-order valence-electron chi connectivity index (χ2n) is 6.24. The second-order valence-corrected chi connectivity index (χ2v) is 6.24. The van der Waals surface area contributed by atoms with Crippen molar-refractivity contribution in [1.82, 2.24) is 15.0 Å². The molecule has 0 unspecified atom stereocenters. The third-order valence-electron chi connectivity index (χ3n) is 4.44. The fraction of sp³-hybridized carbons (Fsp3) is 0.136. The van der Waals surface area contributed by atoms with Crippen molar-refractivity contribution in [1.29, 1.82) is 0 Å². The van der Waals surface area contributed by atoms with E-state index in [-0.39, 0.29) is 0 Å². The molecule has 0 atom stereocenters. The van der Waals surface area contributed by atoms with Crippen molar-refractivity contribution in [3.63, 3.8) is 0 Å². The number of nitrogens with zero attached hydrogens (tertiary/aromatic N) is 4. The molecule has 4 aromatic rings. The summed E-state index contributed by atoms with van der Waals surface area (Å²) in [7, 11) is 0. The Morgan fingerprint density at radius 2 is 1.70 bits per heavy atom. The molecule has 2 heterocycles. The summed E-state index contributed by atoms with van der Waals surface area (Å²) in [5.74, 6) is 1.46. The van der Waals surface area contributed by atoms with E-state index in [2.05, 4.69) is 51.4 Å². The van der Waals surface area contributed by atoms with Crippen LogP contribution in [0, 0.1) is 0 Å². The van der Waals surface area contributed by atoms with E-state index in [1.54, 1.807) is 12.4 Å². The Morgan fingerprint density at radius 3 is 2.56 bits per heavy atom. The minimum Gasteiger partial charge on any atom is -0.352 e. The van der Waals surface area contributed by atoms with Gasteiger partial charge in [0.1, 0.15) is 5.82 Å². The zero-order chi connectivity index (χ0) is 18.5. The first kappa shape index (κ1) is 17.0. The molecule has 0 bridgehead atoms. The van der Waals surface area contributed by atoms with Crippen LogP contribution in [0.25, 0.3) is 10.9 Å². The number of para-hydroxylation sites is 1. The summed E-state index contributed by atoms with van der Waals surface area (Å²) in [5, 5.41) is 4.40. The molecule has 2 aromatic carbocycles. The van der Waals surface area contributed by atoms with Crippen LogP contribution in [0.15, 0.2) is 79.1 Å². The molecule has 2 aromatic heterocycles. The molecule has 134 valence electrons. The van der Waals surface area contributed by atoms with Crippen molar-refractivity contribution in [2.45, 2.75) is 13.5 Å². The first-order valence-corrected chi connectivity index (χ1v) is 9.06. The van der Waals surface area contributed by atoms with Gasteiger partial charge in [-0.2, -0.15) is 4.98 Å². The lowest BCUT2D eigenvalue weighted by molar-refractivity contribution is 0.811. The number of nitrogens with one attached hydrogen (secondary N) is 1. The van der Waals surface area contributed by atoms with Crippen molar-refractivity contribution in [2.24, 2.45) is 0 Å². The van der Waals surface area contributed by atoms with E-state index in [9.17, 15) is 0 Å². The minimum absolute atomic E-state index is 0.567. The number of hydrogen-bond donors (Lipinski definition) is 1. The molecule has 27 heavy (non-hydrogen) atoms. The van der Waals surface area contributed by atoms with E-state index in [4.69, 9.17) is 4.98 Å². The Morgan fingerprint density at radius 1 is 0.852 bits per heavy atom. The number of aromatic nitrogens is 3. The lowest BCUT2D eigenvalue weighted by Crippen LogP contribution is -2.23. The van der Waals surface area contributed by atoms with Crippen LogP contribution < -0.4 is 10.2 Å². The monoisotopic (exact) mass is 355 g/mol. The molecule has 0 aliphatic rings. The van der Waals surface area contributed by atoms with Crippen LogP contribution in [-0.4, -0.2) is 21.5 Å². The SMILES string of the molecule is CCN(Cc1ccccc1)c1ccnc(Nc2cccc3cccnc23)n1. The van der Waals surface area contributed by atoms with Crippen molar-refractivity contribution in [3.8, 4) is 0 Å². The van der Waals surface area contributed by atoms with Gasteiger partial charge in [-0.3, -0.25) is 4.98 Å². The van der Waals surface area contributed by atoms with E-state index in [1.807, 2.05) is 42.5 Å². The highest BCUT2D eigenvalue weighted by Gasteiger charge is 2.09. The molecule has 4 rings (SSSR count). The Kier molecular flexibility index (Phi) is 4.92. The van der Waals surface area contributed by atoms with Crippen LogP contribution in [0.5, 0.6) is 0 Å². The summed E-state index contributed by atoms with van der Waals surface area (Å²) in [6.07, 6.45) is 3.58. The highest BCUT2D eigenvalue weighted by molar-refractivity contribution is 5.91. The minimum atomic E-state index is 0.567. The lowest BCUT2D eigenvalue weighted by atomic mass is 10.2. The van der Waals surface area contributed by atoms with Crippen LogP contribution in [0.1, 0.15) is 12.5 Å². The number of benzene rings is 2. The molecule has 0 saturated heterocycles. The summed E-state index contributed by atoms with van der Waals surface area (Å²) in [5.41, 5.74) is 3.06. The standard InChI is InChI=1S/C22H21N5/c1-2-27(16-17-8-4-3-5-9-17)20-13-15-24-22(26-20)25-19-12-6-10-18-11-7-14-23-21(18)19/h3-15H,2,16H2,1H3,(H,24,25,26). The topological polar surface area (TPSA) is 53.9 Å². The van der Waals surface area contributed by atoms with Gasteiger partial charge in [0.25, 0.3) is 0 Å². The summed E-state index contributed by atoms with van der Waals surface area (Å²) < 4.78 is 0. The Bertz CT molecular complexity index is 1030. The number of pyridine rings is 1. The number of hydrogen-bond acceptors (Lipinski definition) is 5. The molecule has 0 fully saturated rings. The van der Waals surface area contributed by atoms with Crippen molar-refractivity contribution >= 4 is 28.4 Å². The van der Waals surface area contributed by atoms with Crippen LogP contribution in [0.2, 0.25) is 0 Å². The fourth-order valence-corrected chi connectivity index (χ4v) is 3.07. The van der Waals surface area contributed by atoms with Gasteiger partial charge in [0, 0.05) is 30.9 Å². The first-order chi connectivity index (χ1) is 13.3. The van der Waals surface area contributed by atoms with Gasteiger partial charge in [0.05, 0.1) is 11.2 Å². The van der Waals surface area contributed by atoms with E-state index in [1.165, 1.54) is 5.56 Å². The van der Waals surface area contributed by atoms with Crippen molar-refractivity contribution in [3.05, 3.63) is 84.7 Å². The summed E-state index contributed by atoms with van der Waals surface area (Å²) >= 11 is 0. The highest BCUT2D eigenvalue weighted by Crippen LogP contribution is 2.24. The average Bonchev–Trinajstić information content (AvgIpc) is 2.73. The third kappa shape index (κ3) is 3.87. The molecular formula is C22H21N5. The third-order valence-corrected chi connectivity index (χ3v) is 4.44. The molecule has 1 N–H and O–H groups in total. The van der Waals surface area contributed by atoms with E-state index < -0.39 is 0 Å². The maximum Gasteiger partial charge on any atom is 0.229 e. The molecule has 5 heteroatoms. The van der Waals surface area contributed by atoms with Gasteiger partial charge in [-0.25, -0.2) is 4.98 Å². The van der Waals surface area contributed by atoms with Crippen LogP contribution >= 0.6 is 0 Å². The van der Waals surface area contributed by atoms with Gasteiger partial charge in [0.15, 0.2) is 0 Å². The van der Waals surface area contributed by atoms with Gasteiger partial charge < -0.3 is 10.2 Å². The average molecular weight is 355 g/mol. The Hall–Kier alpha value is -3.47. The molecule has 0 aliphatic heterocycles. The number of rotatable bonds is 6. The van der Waals surface area contributed by atoms with Gasteiger partial charge >= 0.3 is 0 Å². The fourth-order valence-electron chi connectivity index (χ4n) is 3.07. The molecule has 0 spiro atoms. The summed E-state index contributed by atoms with van der Waals surface area (Å²) in [4.78, 5) is 15.8. The van der Waals surface area contributed by atoms with Gasteiger partial charge in [-0.1, -0.05) is 48.5 Å². The first-order valence-electron chi connectivity index (χ1n) is 9.06. The van der Waals surface area contributed by atoms with Crippen molar-refractivity contribution in [2.75, 3.05) is 16.8 Å². The quantitative estimate of drug-likeness (QED) is 0.539. The maximum atomic E-state index is 4.72. The van der Waals surface area contributed by atoms with E-state index >= 15 is 0 Å². The zero-order valence-electron chi connectivity index (χ0n) is 15.2. The predicted octanol–water partition coefficient (Wildman–Crippen LogP) is 4.79.